The Bertz CT molecular complexity index is 598. The lowest BCUT2D eigenvalue weighted by atomic mass is 10.0. The van der Waals surface area contributed by atoms with E-state index in [-0.39, 0.29) is 29.8 Å². The van der Waals surface area contributed by atoms with Crippen LogP contribution in [0.2, 0.25) is 0 Å². The van der Waals surface area contributed by atoms with E-state index in [1.165, 1.54) is 5.56 Å². The van der Waals surface area contributed by atoms with Gasteiger partial charge in [0.1, 0.15) is 0 Å². The highest BCUT2D eigenvalue weighted by Gasteiger charge is 2.29. The highest BCUT2D eigenvalue weighted by molar-refractivity contribution is 14.1. The summed E-state index contributed by atoms with van der Waals surface area (Å²) in [6.07, 6.45) is 0.880. The maximum Gasteiger partial charge on any atom is 0.224 e. The molecule has 1 saturated heterocycles. The lowest BCUT2D eigenvalue weighted by molar-refractivity contribution is -0.116. The molecular formula is C13H16INO3S. The summed E-state index contributed by atoms with van der Waals surface area (Å²) in [7, 11) is -2.91. The van der Waals surface area contributed by atoms with E-state index in [1.54, 1.807) is 0 Å². The molecule has 1 aliphatic heterocycles. The molecule has 1 heterocycles. The van der Waals surface area contributed by atoms with Crippen LogP contribution in [0.3, 0.4) is 0 Å². The molecule has 1 aliphatic rings. The number of aryl methyl sites for hydroxylation is 1. The zero-order chi connectivity index (χ0) is 14.0. The Hall–Kier alpha value is -0.630. The minimum atomic E-state index is -2.91. The second-order valence-electron chi connectivity index (χ2n) is 4.99. The van der Waals surface area contributed by atoms with Crippen LogP contribution in [-0.4, -0.2) is 25.8 Å². The average molecular weight is 393 g/mol. The first-order valence-electron chi connectivity index (χ1n) is 6.12. The first kappa shape index (κ1) is 14.8. The Balaban J connectivity index is 1.93. The normalized spacial score (nSPS) is 21.3. The number of sulfone groups is 1. The minimum Gasteiger partial charge on any atom is -0.326 e. The molecule has 0 radical (unpaired) electrons. The van der Waals surface area contributed by atoms with Crippen LogP contribution in [-0.2, 0) is 14.6 Å². The number of hydrogen-bond acceptors (Lipinski definition) is 3. The van der Waals surface area contributed by atoms with E-state index < -0.39 is 9.84 Å². The third-order valence-electron chi connectivity index (χ3n) is 3.26. The van der Waals surface area contributed by atoms with Crippen molar-refractivity contribution in [1.29, 1.82) is 0 Å². The molecule has 2 rings (SSSR count). The van der Waals surface area contributed by atoms with Crippen molar-refractivity contribution in [3.05, 3.63) is 27.3 Å². The van der Waals surface area contributed by atoms with Gasteiger partial charge in [-0.2, -0.15) is 0 Å². The summed E-state index contributed by atoms with van der Waals surface area (Å²) >= 11 is 2.22. The lowest BCUT2D eigenvalue weighted by Crippen LogP contribution is -2.17. The van der Waals surface area contributed by atoms with E-state index in [0.29, 0.717) is 6.42 Å². The summed E-state index contributed by atoms with van der Waals surface area (Å²) in [6, 6.07) is 5.73. The van der Waals surface area contributed by atoms with Crippen LogP contribution in [0.5, 0.6) is 0 Å². The number of rotatable bonds is 3. The van der Waals surface area contributed by atoms with Crippen LogP contribution in [0.1, 0.15) is 18.4 Å². The zero-order valence-corrected chi connectivity index (χ0v) is 13.6. The van der Waals surface area contributed by atoms with Gasteiger partial charge in [0, 0.05) is 15.7 Å². The van der Waals surface area contributed by atoms with Crippen molar-refractivity contribution in [3.8, 4) is 0 Å². The molecule has 1 fully saturated rings. The minimum absolute atomic E-state index is 0.0329. The summed E-state index contributed by atoms with van der Waals surface area (Å²) in [6.45, 7) is 2.01. The number of amides is 1. The summed E-state index contributed by atoms with van der Waals surface area (Å²) in [5.41, 5.74) is 1.93. The second-order valence-corrected chi connectivity index (χ2v) is 8.38. The number of hydrogen-bond donors (Lipinski definition) is 1. The topological polar surface area (TPSA) is 63.2 Å². The Morgan fingerprint density at radius 1 is 1.47 bits per heavy atom. The van der Waals surface area contributed by atoms with E-state index in [1.807, 2.05) is 25.1 Å². The Morgan fingerprint density at radius 3 is 2.79 bits per heavy atom. The van der Waals surface area contributed by atoms with Crippen LogP contribution >= 0.6 is 22.6 Å². The molecule has 1 N–H and O–H groups in total. The molecule has 0 unspecified atom stereocenters. The van der Waals surface area contributed by atoms with E-state index in [4.69, 9.17) is 0 Å². The number of nitrogens with one attached hydrogen (secondary N) is 1. The first-order valence-corrected chi connectivity index (χ1v) is 9.02. The van der Waals surface area contributed by atoms with Gasteiger partial charge in [0.15, 0.2) is 9.84 Å². The standard InChI is InChI=1S/C13H16INO3S/c1-9-2-3-11(7-12(9)14)15-13(16)6-10-4-5-19(17,18)8-10/h2-3,7,10H,4-6,8H2,1H3,(H,15,16)/t10-/m0/s1. The van der Waals surface area contributed by atoms with Gasteiger partial charge in [0.2, 0.25) is 5.91 Å². The van der Waals surface area contributed by atoms with Crippen LogP contribution in [0, 0.1) is 16.4 Å². The van der Waals surface area contributed by atoms with Crippen molar-refractivity contribution in [3.63, 3.8) is 0 Å². The maximum absolute atomic E-state index is 11.9. The van der Waals surface area contributed by atoms with Crippen molar-refractivity contribution in [1.82, 2.24) is 0 Å². The molecule has 0 saturated carbocycles. The molecule has 0 aliphatic carbocycles. The van der Waals surface area contributed by atoms with Crippen molar-refractivity contribution < 1.29 is 13.2 Å². The highest BCUT2D eigenvalue weighted by atomic mass is 127. The van der Waals surface area contributed by atoms with Crippen LogP contribution in [0.4, 0.5) is 5.69 Å². The smallest absolute Gasteiger partial charge is 0.224 e. The summed E-state index contributed by atoms with van der Waals surface area (Å²) < 4.78 is 23.8. The molecular weight excluding hydrogens is 377 g/mol. The molecule has 1 aromatic rings. The molecule has 4 nitrogen and oxygen atoms in total. The second kappa shape index (κ2) is 5.78. The Labute approximate surface area is 127 Å². The number of carbonyl (C=O) groups is 1. The van der Waals surface area contributed by atoms with E-state index in [9.17, 15) is 13.2 Å². The van der Waals surface area contributed by atoms with Gasteiger partial charge in [-0.25, -0.2) is 8.42 Å². The number of carbonyl (C=O) groups excluding carboxylic acids is 1. The predicted molar refractivity (Wildman–Crippen MR) is 83.9 cm³/mol. The van der Waals surface area contributed by atoms with Crippen LogP contribution in [0.15, 0.2) is 18.2 Å². The van der Waals surface area contributed by atoms with Crippen molar-refractivity contribution >= 4 is 44.0 Å². The monoisotopic (exact) mass is 393 g/mol. The maximum atomic E-state index is 11.9. The van der Waals surface area contributed by atoms with Crippen molar-refractivity contribution in [2.24, 2.45) is 5.92 Å². The third kappa shape index (κ3) is 4.17. The molecule has 6 heteroatoms. The number of anilines is 1. The Morgan fingerprint density at radius 2 is 2.21 bits per heavy atom. The number of halogens is 1. The summed E-state index contributed by atoms with van der Waals surface area (Å²) in [4.78, 5) is 11.9. The summed E-state index contributed by atoms with van der Waals surface area (Å²) in [5.74, 6) is 0.218. The fourth-order valence-electron chi connectivity index (χ4n) is 2.18. The van der Waals surface area contributed by atoms with Gasteiger partial charge in [0.05, 0.1) is 11.5 Å². The van der Waals surface area contributed by atoms with E-state index >= 15 is 0 Å². The summed E-state index contributed by atoms with van der Waals surface area (Å²) in [5, 5.41) is 2.83. The molecule has 104 valence electrons. The molecule has 19 heavy (non-hydrogen) atoms. The fourth-order valence-corrected chi connectivity index (χ4v) is 4.55. The first-order chi connectivity index (χ1) is 8.85. The molecule has 1 atom stereocenters. The highest BCUT2D eigenvalue weighted by Crippen LogP contribution is 2.23. The van der Waals surface area contributed by atoms with Crippen LogP contribution in [0.25, 0.3) is 0 Å². The van der Waals surface area contributed by atoms with Crippen LogP contribution < -0.4 is 5.32 Å². The Kier molecular flexibility index (Phi) is 4.50. The SMILES string of the molecule is Cc1ccc(NC(=O)C[C@@H]2CCS(=O)(=O)C2)cc1I. The molecule has 0 bridgehead atoms. The largest absolute Gasteiger partial charge is 0.326 e. The van der Waals surface area contributed by atoms with Gasteiger partial charge < -0.3 is 5.32 Å². The molecule has 1 aromatic carbocycles. The van der Waals surface area contributed by atoms with Gasteiger partial charge >= 0.3 is 0 Å². The molecule has 1 amide bonds. The van der Waals surface area contributed by atoms with Gasteiger partial charge in [-0.05, 0) is 59.5 Å². The van der Waals surface area contributed by atoms with Crippen molar-refractivity contribution in [2.45, 2.75) is 19.8 Å². The van der Waals surface area contributed by atoms with E-state index in [0.717, 1.165) is 9.26 Å². The van der Waals surface area contributed by atoms with E-state index in [2.05, 4.69) is 27.9 Å². The van der Waals surface area contributed by atoms with Gasteiger partial charge in [0.25, 0.3) is 0 Å². The average Bonchev–Trinajstić information content (AvgIpc) is 2.63. The molecule has 0 aromatic heterocycles. The van der Waals surface area contributed by atoms with Crippen molar-refractivity contribution in [2.75, 3.05) is 16.8 Å². The quantitative estimate of drug-likeness (QED) is 0.803. The number of benzene rings is 1. The zero-order valence-electron chi connectivity index (χ0n) is 10.6. The fraction of sp³-hybridized carbons (Fsp3) is 0.462. The lowest BCUT2D eigenvalue weighted by Gasteiger charge is -2.09. The third-order valence-corrected chi connectivity index (χ3v) is 6.26. The van der Waals surface area contributed by atoms with Gasteiger partial charge in [-0.1, -0.05) is 6.07 Å². The predicted octanol–water partition coefficient (Wildman–Crippen LogP) is 2.36. The van der Waals surface area contributed by atoms with Gasteiger partial charge in [-0.15, -0.1) is 0 Å². The van der Waals surface area contributed by atoms with Gasteiger partial charge in [-0.3, -0.25) is 4.79 Å². The molecule has 0 spiro atoms.